The first-order valence-corrected chi connectivity index (χ1v) is 6.97. The number of halogens is 1. The van der Waals surface area contributed by atoms with Crippen LogP contribution in [0.5, 0.6) is 0 Å². The number of esters is 1. The Bertz CT molecular complexity index is 446. The number of hydrogen-bond donors (Lipinski definition) is 1. The Morgan fingerprint density at radius 2 is 1.89 bits per heavy atom. The van der Waals surface area contributed by atoms with Gasteiger partial charge in [-0.2, -0.15) is 0 Å². The van der Waals surface area contributed by atoms with Gasteiger partial charge in [0.15, 0.2) is 0 Å². The highest BCUT2D eigenvalue weighted by Gasteiger charge is 2.16. The van der Waals surface area contributed by atoms with E-state index >= 15 is 0 Å². The summed E-state index contributed by atoms with van der Waals surface area (Å²) in [5, 5.41) is 2.70. The van der Waals surface area contributed by atoms with E-state index in [1.165, 1.54) is 7.11 Å². The maximum Gasteiger partial charge on any atom is 0.320 e. The average Bonchev–Trinajstić information content (AvgIpc) is 2.43. The number of carbonyl (C=O) groups is 2. The minimum Gasteiger partial charge on any atom is -0.468 e. The van der Waals surface area contributed by atoms with Crippen molar-refractivity contribution in [1.82, 2.24) is 5.32 Å². The molecule has 1 aromatic carbocycles. The number of hydrogen-bond acceptors (Lipinski definition) is 4. The highest BCUT2D eigenvalue weighted by atomic mass is 127. The van der Waals surface area contributed by atoms with E-state index in [4.69, 9.17) is 0 Å². The molecule has 0 aliphatic heterocycles. The van der Waals surface area contributed by atoms with E-state index in [0.29, 0.717) is 5.56 Å². The summed E-state index contributed by atoms with van der Waals surface area (Å²) in [6.45, 7) is 0.251. The van der Waals surface area contributed by atoms with E-state index in [2.05, 4.69) is 10.1 Å². The van der Waals surface area contributed by atoms with Gasteiger partial charge in [-0.25, -0.2) is 0 Å². The van der Waals surface area contributed by atoms with E-state index in [1.807, 2.05) is 53.7 Å². The maximum absolute atomic E-state index is 11.9. The second kappa shape index (κ2) is 7.32. The molecule has 0 bridgehead atoms. The lowest BCUT2D eigenvalue weighted by molar-refractivity contribution is -0.139. The summed E-state index contributed by atoms with van der Waals surface area (Å²) in [5.41, 5.74) is 1.59. The first-order chi connectivity index (χ1) is 8.95. The molecule has 0 saturated heterocycles. The van der Waals surface area contributed by atoms with Crippen molar-refractivity contribution in [3.63, 3.8) is 0 Å². The van der Waals surface area contributed by atoms with Gasteiger partial charge in [-0.3, -0.25) is 9.59 Å². The molecule has 0 spiro atoms. The molecular formula is C13H17IN2O3. The quantitative estimate of drug-likeness (QED) is 0.480. The lowest BCUT2D eigenvalue weighted by Gasteiger charge is -2.13. The van der Waals surface area contributed by atoms with Gasteiger partial charge >= 0.3 is 5.97 Å². The lowest BCUT2D eigenvalue weighted by Crippen LogP contribution is -2.33. The van der Waals surface area contributed by atoms with Gasteiger partial charge in [0.05, 0.1) is 7.11 Å². The van der Waals surface area contributed by atoms with E-state index in [0.717, 1.165) is 5.69 Å². The molecule has 1 unspecified atom stereocenters. The van der Waals surface area contributed by atoms with Crippen LogP contribution in [0, 0.1) is 0 Å². The average molecular weight is 376 g/mol. The van der Waals surface area contributed by atoms with Crippen molar-refractivity contribution in [2.75, 3.05) is 32.6 Å². The van der Waals surface area contributed by atoms with Gasteiger partial charge in [0, 0.05) is 31.9 Å². The molecule has 104 valence electrons. The van der Waals surface area contributed by atoms with Crippen LogP contribution >= 0.6 is 22.6 Å². The highest BCUT2D eigenvalue weighted by molar-refractivity contribution is 14.1. The molecule has 6 heteroatoms. The van der Waals surface area contributed by atoms with Crippen LogP contribution < -0.4 is 10.2 Å². The number of benzene rings is 1. The number of rotatable bonds is 5. The van der Waals surface area contributed by atoms with Crippen LogP contribution in [0.15, 0.2) is 24.3 Å². The van der Waals surface area contributed by atoms with Gasteiger partial charge in [-0.15, -0.1) is 0 Å². The van der Waals surface area contributed by atoms with Crippen LogP contribution in [-0.4, -0.2) is 43.6 Å². The van der Waals surface area contributed by atoms with Crippen molar-refractivity contribution in [2.45, 2.75) is 3.92 Å². The van der Waals surface area contributed by atoms with Crippen molar-refractivity contribution in [2.24, 2.45) is 0 Å². The SMILES string of the molecule is COC(=O)C(I)CNC(=O)c1ccc(N(C)C)cc1. The van der Waals surface area contributed by atoms with Crippen LogP contribution in [0.4, 0.5) is 5.69 Å². The zero-order valence-electron chi connectivity index (χ0n) is 11.1. The van der Waals surface area contributed by atoms with Gasteiger partial charge in [-0.05, 0) is 24.3 Å². The van der Waals surface area contributed by atoms with Crippen LogP contribution in [0.1, 0.15) is 10.4 Å². The standard InChI is InChI=1S/C13H17IN2O3/c1-16(2)10-6-4-9(5-7-10)12(17)15-8-11(14)13(18)19-3/h4-7,11H,8H2,1-3H3,(H,15,17). The second-order valence-corrected chi connectivity index (χ2v) is 5.65. The molecule has 0 fully saturated rings. The summed E-state index contributed by atoms with van der Waals surface area (Å²) in [6.07, 6.45) is 0. The summed E-state index contributed by atoms with van der Waals surface area (Å²) in [7, 11) is 5.20. The van der Waals surface area contributed by atoms with Gasteiger partial charge in [0.25, 0.3) is 5.91 Å². The Morgan fingerprint density at radius 3 is 2.37 bits per heavy atom. The van der Waals surface area contributed by atoms with E-state index in [9.17, 15) is 9.59 Å². The molecule has 0 heterocycles. The monoisotopic (exact) mass is 376 g/mol. The summed E-state index contributed by atoms with van der Waals surface area (Å²) in [6, 6.07) is 7.25. The zero-order valence-corrected chi connectivity index (χ0v) is 13.3. The lowest BCUT2D eigenvalue weighted by atomic mass is 10.2. The van der Waals surface area contributed by atoms with Gasteiger partial charge < -0.3 is 15.0 Å². The predicted molar refractivity (Wildman–Crippen MR) is 82.9 cm³/mol. The van der Waals surface area contributed by atoms with E-state index in [-0.39, 0.29) is 22.3 Å². The maximum atomic E-state index is 11.9. The smallest absolute Gasteiger partial charge is 0.320 e. The molecule has 0 radical (unpaired) electrons. The molecule has 0 aliphatic rings. The van der Waals surface area contributed by atoms with E-state index in [1.54, 1.807) is 12.1 Å². The summed E-state index contributed by atoms with van der Waals surface area (Å²) in [5.74, 6) is -0.542. The highest BCUT2D eigenvalue weighted by Crippen LogP contribution is 2.12. The van der Waals surface area contributed by atoms with Crippen LogP contribution in [0.2, 0.25) is 0 Å². The first kappa shape index (κ1) is 15.7. The van der Waals surface area contributed by atoms with Gasteiger partial charge in [0.1, 0.15) is 3.92 Å². The number of anilines is 1. The largest absolute Gasteiger partial charge is 0.468 e. The molecule has 0 aliphatic carbocycles. The minimum atomic E-state index is -0.382. The fourth-order valence-corrected chi connectivity index (χ4v) is 1.88. The van der Waals surface area contributed by atoms with Crippen LogP contribution in [-0.2, 0) is 9.53 Å². The molecular weight excluding hydrogens is 359 g/mol. The normalized spacial score (nSPS) is 11.6. The molecule has 1 amide bonds. The van der Waals surface area contributed by atoms with Gasteiger partial charge in [0.2, 0.25) is 0 Å². The molecule has 0 aromatic heterocycles. The number of nitrogens with zero attached hydrogens (tertiary/aromatic N) is 1. The number of ether oxygens (including phenoxy) is 1. The zero-order chi connectivity index (χ0) is 14.4. The fraction of sp³-hybridized carbons (Fsp3) is 0.385. The summed E-state index contributed by atoms with van der Waals surface area (Å²) in [4.78, 5) is 25.0. The first-order valence-electron chi connectivity index (χ1n) is 5.73. The van der Waals surface area contributed by atoms with Crippen molar-refractivity contribution < 1.29 is 14.3 Å². The summed E-state index contributed by atoms with van der Waals surface area (Å²) < 4.78 is 4.21. The van der Waals surface area contributed by atoms with Crippen LogP contribution in [0.3, 0.4) is 0 Å². The fourth-order valence-electron chi connectivity index (χ4n) is 1.41. The third kappa shape index (κ3) is 4.70. The minimum absolute atomic E-state index is 0.198. The van der Waals surface area contributed by atoms with Gasteiger partial charge in [-0.1, -0.05) is 22.6 Å². The Balaban J connectivity index is 2.56. The molecule has 1 rings (SSSR count). The number of alkyl halides is 1. The number of carbonyl (C=O) groups excluding carboxylic acids is 2. The van der Waals surface area contributed by atoms with E-state index < -0.39 is 0 Å². The third-order valence-corrected chi connectivity index (χ3v) is 3.49. The Morgan fingerprint density at radius 1 is 1.32 bits per heavy atom. The molecule has 1 N–H and O–H groups in total. The Hall–Kier alpha value is -1.31. The molecule has 5 nitrogen and oxygen atoms in total. The van der Waals surface area contributed by atoms with Crippen LogP contribution in [0.25, 0.3) is 0 Å². The topological polar surface area (TPSA) is 58.6 Å². The Kier molecular flexibility index (Phi) is 6.07. The third-order valence-electron chi connectivity index (χ3n) is 2.54. The molecule has 1 aromatic rings. The number of methoxy groups -OCH3 is 1. The van der Waals surface area contributed by atoms with Crippen molar-refractivity contribution in [1.29, 1.82) is 0 Å². The van der Waals surface area contributed by atoms with Crippen molar-refractivity contribution >= 4 is 40.2 Å². The molecule has 0 saturated carbocycles. The van der Waals surface area contributed by atoms with Crippen molar-refractivity contribution in [3.8, 4) is 0 Å². The second-order valence-electron chi connectivity index (χ2n) is 4.14. The Labute approximate surface area is 126 Å². The number of nitrogens with one attached hydrogen (secondary N) is 1. The molecule has 19 heavy (non-hydrogen) atoms. The summed E-state index contributed by atoms with van der Waals surface area (Å²) >= 11 is 1.94. The predicted octanol–water partition coefficient (Wildman–Crippen LogP) is 1.46. The van der Waals surface area contributed by atoms with Crippen molar-refractivity contribution in [3.05, 3.63) is 29.8 Å². The molecule has 1 atom stereocenters. The number of amides is 1.